The summed E-state index contributed by atoms with van der Waals surface area (Å²) < 4.78 is 5.87. The van der Waals surface area contributed by atoms with Gasteiger partial charge in [0.15, 0.2) is 0 Å². The van der Waals surface area contributed by atoms with E-state index < -0.39 is 5.60 Å². The summed E-state index contributed by atoms with van der Waals surface area (Å²) in [5, 5.41) is 13.0. The zero-order valence-electron chi connectivity index (χ0n) is 23.2. The third-order valence-corrected chi connectivity index (χ3v) is 13.5. The Balaban J connectivity index is 1.64. The third kappa shape index (κ3) is 2.75. The minimum Gasteiger partial charge on any atom is -0.385 e. The minimum atomic E-state index is -0.813. The lowest BCUT2D eigenvalue weighted by Gasteiger charge is -2.74. The number of allylic oxidation sites excluding steroid dienone is 1. The van der Waals surface area contributed by atoms with Crippen molar-refractivity contribution in [1.29, 1.82) is 0 Å². The number of hydrogen-bond acceptors (Lipinski definition) is 3. The first kappa shape index (κ1) is 25.0. The lowest BCUT2D eigenvalue weighted by molar-refractivity contribution is -0.277. The number of methoxy groups -OCH3 is 1. The third-order valence-electron chi connectivity index (χ3n) is 13.5. The number of ether oxygens (including phenoxy) is 1. The Morgan fingerprint density at radius 2 is 1.71 bits per heavy atom. The van der Waals surface area contributed by atoms with Crippen LogP contribution in [-0.4, -0.2) is 30.2 Å². The fraction of sp³-hybridized carbons (Fsp3) is 0.903. The predicted molar refractivity (Wildman–Crippen MR) is 137 cm³/mol. The van der Waals surface area contributed by atoms with Crippen LogP contribution in [0.4, 0.5) is 0 Å². The van der Waals surface area contributed by atoms with E-state index in [4.69, 9.17) is 4.74 Å². The lowest BCUT2D eigenvalue weighted by atomic mass is 9.31. The van der Waals surface area contributed by atoms with Crippen molar-refractivity contribution in [2.24, 2.45) is 56.7 Å². The number of ketones is 1. The van der Waals surface area contributed by atoms with E-state index in [1.54, 1.807) is 0 Å². The van der Waals surface area contributed by atoms with E-state index in [0.717, 1.165) is 38.7 Å². The molecule has 0 aliphatic heterocycles. The van der Waals surface area contributed by atoms with Gasteiger partial charge in [0.25, 0.3) is 0 Å². The molecule has 0 aromatic carbocycles. The Morgan fingerprint density at radius 3 is 2.38 bits per heavy atom. The topological polar surface area (TPSA) is 46.5 Å². The molecule has 4 fully saturated rings. The molecule has 0 saturated heterocycles. The van der Waals surface area contributed by atoms with Crippen LogP contribution in [0.15, 0.2) is 12.2 Å². The minimum absolute atomic E-state index is 0.0256. The van der Waals surface area contributed by atoms with Crippen LogP contribution in [0.25, 0.3) is 0 Å². The van der Waals surface area contributed by atoms with Crippen LogP contribution in [0.1, 0.15) is 99.8 Å². The molecule has 1 N–H and O–H groups in total. The summed E-state index contributed by atoms with van der Waals surface area (Å²) in [7, 11) is 1.84. The smallest absolute Gasteiger partial charge is 0.138 e. The van der Waals surface area contributed by atoms with Crippen molar-refractivity contribution >= 4 is 5.78 Å². The van der Waals surface area contributed by atoms with Gasteiger partial charge in [-0.3, -0.25) is 4.79 Å². The first-order valence-corrected chi connectivity index (χ1v) is 14.2. The van der Waals surface area contributed by atoms with Gasteiger partial charge in [0.05, 0.1) is 12.2 Å². The predicted octanol–water partition coefficient (Wildman–Crippen LogP) is 6.83. The number of carbonyl (C=O) groups is 1. The second-order valence-electron chi connectivity index (χ2n) is 14.8. The fourth-order valence-corrected chi connectivity index (χ4v) is 11.1. The molecule has 0 aromatic rings. The van der Waals surface area contributed by atoms with Crippen LogP contribution in [0, 0.1) is 56.7 Å². The van der Waals surface area contributed by atoms with Crippen molar-refractivity contribution in [2.45, 2.75) is 105 Å². The molecule has 0 spiro atoms. The van der Waals surface area contributed by atoms with Gasteiger partial charge < -0.3 is 9.84 Å². The molecule has 0 amide bonds. The molecule has 10 atom stereocenters. The van der Waals surface area contributed by atoms with Gasteiger partial charge in [0.2, 0.25) is 0 Å². The maximum Gasteiger partial charge on any atom is 0.138 e. The number of fused-ring (bicyclic) bond motifs is 7. The van der Waals surface area contributed by atoms with Crippen LogP contribution in [0.3, 0.4) is 0 Å². The zero-order chi connectivity index (χ0) is 24.9. The van der Waals surface area contributed by atoms with Gasteiger partial charge in [-0.05, 0) is 84.9 Å². The summed E-state index contributed by atoms with van der Waals surface area (Å²) in [5.74, 6) is 2.60. The SMILES string of the molecule is COC[C@]12CC[C@@H](C)[C@H](C)[C@H]1[C@@]1(O)C=C[C@@H]3[C@@]4(C)CCC(=O)C(C)(C)[C@@H]4CC[C@@]3(C)[C@]1(C)CC2. The molecule has 0 aromatic heterocycles. The maximum absolute atomic E-state index is 13.0. The molecule has 5 aliphatic carbocycles. The lowest BCUT2D eigenvalue weighted by Crippen LogP contribution is -2.73. The van der Waals surface area contributed by atoms with Gasteiger partial charge in [0, 0.05) is 30.3 Å². The van der Waals surface area contributed by atoms with Gasteiger partial charge in [0.1, 0.15) is 5.78 Å². The number of hydrogen-bond donors (Lipinski definition) is 1. The fourth-order valence-electron chi connectivity index (χ4n) is 11.1. The first-order chi connectivity index (χ1) is 15.7. The quantitative estimate of drug-likeness (QED) is 0.450. The van der Waals surface area contributed by atoms with Gasteiger partial charge in [-0.2, -0.15) is 0 Å². The van der Waals surface area contributed by atoms with Gasteiger partial charge >= 0.3 is 0 Å². The van der Waals surface area contributed by atoms with E-state index in [1.807, 2.05) is 7.11 Å². The molecule has 3 nitrogen and oxygen atoms in total. The molecule has 4 saturated carbocycles. The second kappa shape index (κ2) is 7.44. The molecule has 3 heteroatoms. The molecule has 34 heavy (non-hydrogen) atoms. The summed E-state index contributed by atoms with van der Waals surface area (Å²) in [5.41, 5.74) is -1.03. The van der Waals surface area contributed by atoms with Gasteiger partial charge in [-0.1, -0.05) is 60.6 Å². The highest BCUT2D eigenvalue weighted by Crippen LogP contribution is 2.76. The van der Waals surface area contributed by atoms with Crippen molar-refractivity contribution < 1.29 is 14.6 Å². The Morgan fingerprint density at radius 1 is 1.00 bits per heavy atom. The zero-order valence-corrected chi connectivity index (χ0v) is 23.2. The van der Waals surface area contributed by atoms with Crippen molar-refractivity contribution in [3.8, 4) is 0 Å². The van der Waals surface area contributed by atoms with Gasteiger partial charge in [-0.25, -0.2) is 0 Å². The van der Waals surface area contributed by atoms with Gasteiger partial charge in [-0.15, -0.1) is 0 Å². The summed E-state index contributed by atoms with van der Waals surface area (Å²) in [6, 6.07) is 0. The number of rotatable bonds is 2. The van der Waals surface area contributed by atoms with E-state index in [1.165, 1.54) is 12.8 Å². The number of aliphatic hydroxyl groups is 1. The Kier molecular flexibility index (Phi) is 5.47. The molecular weight excluding hydrogens is 420 g/mol. The van der Waals surface area contributed by atoms with Crippen molar-refractivity contribution in [1.82, 2.24) is 0 Å². The maximum atomic E-state index is 13.0. The number of carbonyl (C=O) groups excluding carboxylic acids is 1. The highest BCUT2D eigenvalue weighted by atomic mass is 16.5. The van der Waals surface area contributed by atoms with E-state index in [-0.39, 0.29) is 33.0 Å². The molecule has 0 heterocycles. The van der Waals surface area contributed by atoms with Crippen LogP contribution < -0.4 is 0 Å². The molecule has 5 rings (SSSR count). The largest absolute Gasteiger partial charge is 0.385 e. The van der Waals surface area contributed by atoms with Crippen LogP contribution >= 0.6 is 0 Å². The first-order valence-electron chi connectivity index (χ1n) is 14.2. The van der Waals surface area contributed by atoms with Crippen molar-refractivity contribution in [3.63, 3.8) is 0 Å². The summed E-state index contributed by atoms with van der Waals surface area (Å²) in [4.78, 5) is 12.9. The average molecular weight is 471 g/mol. The summed E-state index contributed by atoms with van der Waals surface area (Å²) in [6.07, 6.45) is 13.3. The van der Waals surface area contributed by atoms with E-state index >= 15 is 0 Å². The van der Waals surface area contributed by atoms with E-state index in [2.05, 4.69) is 60.6 Å². The van der Waals surface area contributed by atoms with E-state index in [0.29, 0.717) is 35.9 Å². The molecule has 0 bridgehead atoms. The second-order valence-corrected chi connectivity index (χ2v) is 14.8. The monoisotopic (exact) mass is 470 g/mol. The summed E-state index contributed by atoms with van der Waals surface area (Å²) in [6.45, 7) is 17.4. The van der Waals surface area contributed by atoms with Crippen molar-refractivity contribution in [3.05, 3.63) is 12.2 Å². The van der Waals surface area contributed by atoms with Crippen LogP contribution in [0.2, 0.25) is 0 Å². The molecule has 0 radical (unpaired) electrons. The normalized spacial score (nSPS) is 56.1. The standard InChI is InChI=1S/C31H50O3/c1-20-9-15-30(19-34-8)18-17-29(7)28(6)14-10-22-26(3,4)24(32)12-13-27(22,5)23(28)11-16-31(29,33)25(30)21(20)2/h11,16,20-23,25,33H,9-10,12-15,17-19H2,1-8H3/t20-,21+,22+,23-,25-,27+,28-,29+,30-,31+/m1/s1. The molecule has 5 aliphatic rings. The highest BCUT2D eigenvalue weighted by molar-refractivity contribution is 5.85. The van der Waals surface area contributed by atoms with E-state index in [9.17, 15) is 9.90 Å². The molecular formula is C31H50O3. The number of Topliss-reactive ketones (excluding diaryl/α,β-unsaturated/α-hetero) is 1. The molecule has 192 valence electrons. The Bertz CT molecular complexity index is 891. The average Bonchev–Trinajstić information content (AvgIpc) is 2.76. The Labute approximate surface area is 208 Å². The Hall–Kier alpha value is -0.670. The molecule has 0 unspecified atom stereocenters. The summed E-state index contributed by atoms with van der Waals surface area (Å²) >= 11 is 0. The van der Waals surface area contributed by atoms with Crippen LogP contribution in [0.5, 0.6) is 0 Å². The van der Waals surface area contributed by atoms with Crippen LogP contribution in [-0.2, 0) is 9.53 Å². The highest BCUT2D eigenvalue weighted by Gasteiger charge is 2.74. The van der Waals surface area contributed by atoms with Crippen molar-refractivity contribution in [2.75, 3.05) is 13.7 Å².